The number of nitrogens with zero attached hydrogens (tertiary/aromatic N) is 2. The standard InChI is InChI=1S/C17H22ClN5O2S.HI/c1-2-20-17(21-9-8-13-6-7-16(18)22-11-13)23-12-14-4-3-5-15(10-14)26(19,24)25;/h3-7,10-11H,2,8-9,12H2,1H3,(H2,19,24,25)(H2,20,21,23);1H. The number of aliphatic imine (C=N–C) groups is 1. The van der Waals surface area contributed by atoms with Crippen molar-refractivity contribution < 1.29 is 8.42 Å². The number of aromatic nitrogens is 1. The van der Waals surface area contributed by atoms with Gasteiger partial charge in [-0.3, -0.25) is 0 Å². The van der Waals surface area contributed by atoms with E-state index in [1.165, 1.54) is 12.1 Å². The predicted octanol–water partition coefficient (Wildman–Crippen LogP) is 2.30. The second kappa shape index (κ2) is 11.4. The van der Waals surface area contributed by atoms with Crippen molar-refractivity contribution in [2.45, 2.75) is 24.8 Å². The molecule has 4 N–H and O–H groups in total. The van der Waals surface area contributed by atoms with Gasteiger partial charge in [0.1, 0.15) is 5.15 Å². The maximum atomic E-state index is 11.4. The molecule has 0 amide bonds. The summed E-state index contributed by atoms with van der Waals surface area (Å²) in [7, 11) is -3.72. The van der Waals surface area contributed by atoms with Crippen LogP contribution in [0.15, 0.2) is 52.5 Å². The molecule has 0 aliphatic heterocycles. The zero-order valence-electron chi connectivity index (χ0n) is 14.9. The minimum atomic E-state index is -3.72. The molecule has 2 aromatic rings. The monoisotopic (exact) mass is 523 g/mol. The third-order valence-electron chi connectivity index (χ3n) is 3.49. The van der Waals surface area contributed by atoms with E-state index >= 15 is 0 Å². The van der Waals surface area contributed by atoms with Crippen LogP contribution in [0.2, 0.25) is 5.15 Å². The highest BCUT2D eigenvalue weighted by molar-refractivity contribution is 14.0. The molecule has 0 radical (unpaired) electrons. The molecule has 148 valence electrons. The normalized spacial score (nSPS) is 11.6. The van der Waals surface area contributed by atoms with E-state index in [0.717, 1.165) is 17.5 Å². The van der Waals surface area contributed by atoms with Crippen LogP contribution in [0.5, 0.6) is 0 Å². The van der Waals surface area contributed by atoms with Gasteiger partial charge in [0.25, 0.3) is 0 Å². The lowest BCUT2D eigenvalue weighted by Crippen LogP contribution is -2.38. The fraction of sp³-hybridized carbons (Fsp3) is 0.294. The maximum Gasteiger partial charge on any atom is 0.238 e. The van der Waals surface area contributed by atoms with Crippen LogP contribution < -0.4 is 15.8 Å². The quantitative estimate of drug-likeness (QED) is 0.223. The van der Waals surface area contributed by atoms with Crippen LogP contribution in [0, 0.1) is 0 Å². The molecular formula is C17H23ClIN5O2S. The molecule has 0 fully saturated rings. The largest absolute Gasteiger partial charge is 0.357 e. The van der Waals surface area contributed by atoms with Crippen molar-refractivity contribution in [3.05, 3.63) is 58.9 Å². The molecule has 0 aliphatic rings. The number of rotatable bonds is 7. The van der Waals surface area contributed by atoms with Gasteiger partial charge < -0.3 is 10.6 Å². The first-order valence-electron chi connectivity index (χ1n) is 8.13. The number of hydrogen-bond donors (Lipinski definition) is 3. The average Bonchev–Trinajstić information content (AvgIpc) is 2.61. The molecule has 0 bridgehead atoms. The molecule has 1 aromatic heterocycles. The van der Waals surface area contributed by atoms with Crippen LogP contribution in [0.4, 0.5) is 0 Å². The maximum absolute atomic E-state index is 11.4. The average molecular weight is 524 g/mol. The highest BCUT2D eigenvalue weighted by Crippen LogP contribution is 2.10. The molecule has 0 aliphatic carbocycles. The molecular weight excluding hydrogens is 501 g/mol. The Morgan fingerprint density at radius 2 is 2.00 bits per heavy atom. The van der Waals surface area contributed by atoms with Gasteiger partial charge in [-0.05, 0) is 42.7 Å². The van der Waals surface area contributed by atoms with Crippen LogP contribution >= 0.6 is 35.6 Å². The van der Waals surface area contributed by atoms with E-state index in [1.807, 2.05) is 13.0 Å². The number of nitrogens with two attached hydrogens (primary N) is 1. The van der Waals surface area contributed by atoms with E-state index in [0.29, 0.717) is 30.7 Å². The molecule has 1 aromatic carbocycles. The van der Waals surface area contributed by atoms with Gasteiger partial charge in [-0.1, -0.05) is 29.8 Å². The van der Waals surface area contributed by atoms with E-state index in [9.17, 15) is 8.42 Å². The highest BCUT2D eigenvalue weighted by Gasteiger charge is 2.07. The number of guanidine groups is 1. The molecule has 27 heavy (non-hydrogen) atoms. The zero-order valence-corrected chi connectivity index (χ0v) is 18.8. The summed E-state index contributed by atoms with van der Waals surface area (Å²) in [4.78, 5) is 8.61. The van der Waals surface area contributed by atoms with Crippen molar-refractivity contribution in [2.75, 3.05) is 13.1 Å². The van der Waals surface area contributed by atoms with Crippen molar-refractivity contribution in [2.24, 2.45) is 10.1 Å². The number of hydrogen-bond acceptors (Lipinski definition) is 4. The van der Waals surface area contributed by atoms with E-state index in [4.69, 9.17) is 16.7 Å². The lowest BCUT2D eigenvalue weighted by Gasteiger charge is -2.11. The fourth-order valence-corrected chi connectivity index (χ4v) is 2.91. The van der Waals surface area contributed by atoms with Crippen molar-refractivity contribution in [3.63, 3.8) is 0 Å². The highest BCUT2D eigenvalue weighted by atomic mass is 127. The fourth-order valence-electron chi connectivity index (χ4n) is 2.21. The van der Waals surface area contributed by atoms with Crippen LogP contribution in [0.25, 0.3) is 0 Å². The molecule has 10 heteroatoms. The first-order valence-corrected chi connectivity index (χ1v) is 10.1. The zero-order chi connectivity index (χ0) is 19.0. The second-order valence-corrected chi connectivity index (χ2v) is 7.50. The van der Waals surface area contributed by atoms with E-state index in [-0.39, 0.29) is 28.9 Å². The van der Waals surface area contributed by atoms with Crippen molar-refractivity contribution >= 4 is 51.6 Å². The minimum absolute atomic E-state index is 0. The van der Waals surface area contributed by atoms with Crippen LogP contribution in [-0.2, 0) is 23.0 Å². The number of benzene rings is 1. The first kappa shape index (κ1) is 23.6. The van der Waals surface area contributed by atoms with Crippen LogP contribution in [0.3, 0.4) is 0 Å². The Morgan fingerprint density at radius 3 is 2.63 bits per heavy atom. The molecule has 1 heterocycles. The summed E-state index contributed by atoms with van der Waals surface area (Å²) < 4.78 is 22.9. The Balaban J connectivity index is 0.00000364. The molecule has 0 atom stereocenters. The molecule has 0 saturated heterocycles. The smallest absolute Gasteiger partial charge is 0.238 e. The van der Waals surface area contributed by atoms with Gasteiger partial charge in [0.15, 0.2) is 5.96 Å². The van der Waals surface area contributed by atoms with E-state index in [2.05, 4.69) is 20.6 Å². The molecule has 2 rings (SSSR count). The third-order valence-corrected chi connectivity index (χ3v) is 4.62. The number of pyridine rings is 1. The van der Waals surface area contributed by atoms with Crippen molar-refractivity contribution in [3.8, 4) is 0 Å². The SMILES string of the molecule is CCNC(=NCc1cccc(S(N)(=O)=O)c1)NCCc1ccc(Cl)nc1.I. The summed E-state index contributed by atoms with van der Waals surface area (Å²) >= 11 is 5.77. The lowest BCUT2D eigenvalue weighted by atomic mass is 10.2. The van der Waals surface area contributed by atoms with Gasteiger partial charge in [-0.15, -0.1) is 24.0 Å². The Kier molecular flexibility index (Phi) is 9.99. The number of nitrogens with one attached hydrogen (secondary N) is 2. The summed E-state index contributed by atoms with van der Waals surface area (Å²) in [6, 6.07) is 10.1. The van der Waals surface area contributed by atoms with Crippen LogP contribution in [-0.4, -0.2) is 32.5 Å². The van der Waals surface area contributed by atoms with Crippen LogP contribution in [0.1, 0.15) is 18.1 Å². The van der Waals surface area contributed by atoms with Gasteiger partial charge in [0.2, 0.25) is 10.0 Å². The molecule has 0 unspecified atom stereocenters. The Bertz CT molecular complexity index is 860. The van der Waals surface area contributed by atoms with Gasteiger partial charge in [0, 0.05) is 19.3 Å². The summed E-state index contributed by atoms with van der Waals surface area (Å²) in [5.74, 6) is 0.649. The number of sulfonamides is 1. The van der Waals surface area contributed by atoms with E-state index < -0.39 is 10.0 Å². The molecule has 7 nitrogen and oxygen atoms in total. The number of halogens is 2. The first-order chi connectivity index (χ1) is 12.4. The Hall–Kier alpha value is -1.43. The topological polar surface area (TPSA) is 109 Å². The Morgan fingerprint density at radius 1 is 1.22 bits per heavy atom. The van der Waals surface area contributed by atoms with Crippen molar-refractivity contribution in [1.82, 2.24) is 15.6 Å². The summed E-state index contributed by atoms with van der Waals surface area (Å²) in [6.07, 6.45) is 2.52. The van der Waals surface area contributed by atoms with Gasteiger partial charge in [-0.2, -0.15) is 0 Å². The van der Waals surface area contributed by atoms with Gasteiger partial charge in [-0.25, -0.2) is 23.5 Å². The Labute approximate surface area is 181 Å². The summed E-state index contributed by atoms with van der Waals surface area (Å²) in [5.41, 5.74) is 1.83. The lowest BCUT2D eigenvalue weighted by molar-refractivity contribution is 0.597. The second-order valence-electron chi connectivity index (χ2n) is 5.55. The summed E-state index contributed by atoms with van der Waals surface area (Å²) in [6.45, 7) is 3.70. The van der Waals surface area contributed by atoms with E-state index in [1.54, 1.807) is 24.4 Å². The molecule has 0 saturated carbocycles. The molecule has 0 spiro atoms. The number of primary sulfonamides is 1. The minimum Gasteiger partial charge on any atom is -0.357 e. The predicted molar refractivity (Wildman–Crippen MR) is 119 cm³/mol. The van der Waals surface area contributed by atoms with Gasteiger partial charge >= 0.3 is 0 Å². The summed E-state index contributed by atoms with van der Waals surface area (Å²) in [5, 5.41) is 12.0. The van der Waals surface area contributed by atoms with Gasteiger partial charge in [0.05, 0.1) is 11.4 Å². The van der Waals surface area contributed by atoms with Crippen molar-refractivity contribution in [1.29, 1.82) is 0 Å². The third kappa shape index (κ3) is 8.41.